The standard InChI is InChI=1S/C21H27N5O8S/c22-12(8-27)18(30)24-15(6-17(28)29)20(32)25-14(19(31)26-16(9-35)21(33)34)5-10-7-23-13-4-2-1-3-11(10)13/h1-4,7,12,14-16,23,27,35H,5-6,8-9,22H2,(H,24,30)(H,25,32)(H,26,31)(H,28,29)(H,33,34). The van der Waals surface area contributed by atoms with Crippen molar-refractivity contribution >= 4 is 53.2 Å². The van der Waals surface area contributed by atoms with E-state index in [0.717, 1.165) is 10.9 Å². The van der Waals surface area contributed by atoms with E-state index in [1.54, 1.807) is 30.5 Å². The van der Waals surface area contributed by atoms with Crippen molar-refractivity contribution in [3.05, 3.63) is 36.0 Å². The maximum absolute atomic E-state index is 12.9. The Balaban J connectivity index is 2.31. The Bertz CT molecular complexity index is 1090. The molecule has 0 radical (unpaired) electrons. The van der Waals surface area contributed by atoms with Gasteiger partial charge in [-0.1, -0.05) is 18.2 Å². The predicted molar refractivity (Wildman–Crippen MR) is 127 cm³/mol. The number of carboxylic acids is 2. The lowest BCUT2D eigenvalue weighted by molar-refractivity contribution is -0.142. The Labute approximate surface area is 204 Å². The number of nitrogens with one attached hydrogen (secondary N) is 4. The van der Waals surface area contributed by atoms with Gasteiger partial charge in [-0.15, -0.1) is 0 Å². The van der Waals surface area contributed by atoms with Gasteiger partial charge in [0.2, 0.25) is 17.7 Å². The molecule has 0 aliphatic heterocycles. The fourth-order valence-electron chi connectivity index (χ4n) is 3.21. The second-order valence-corrected chi connectivity index (χ2v) is 8.02. The average Bonchev–Trinajstić information content (AvgIpc) is 3.23. The Morgan fingerprint density at radius 1 is 0.943 bits per heavy atom. The van der Waals surface area contributed by atoms with E-state index in [1.165, 1.54) is 0 Å². The molecule has 0 saturated carbocycles. The largest absolute Gasteiger partial charge is 0.481 e. The molecule has 0 aliphatic carbocycles. The fraction of sp³-hybridized carbons (Fsp3) is 0.381. The summed E-state index contributed by atoms with van der Waals surface area (Å²) in [7, 11) is 0. The number of carbonyl (C=O) groups excluding carboxylic acids is 3. The molecular weight excluding hydrogens is 482 g/mol. The quantitative estimate of drug-likeness (QED) is 0.136. The molecule has 0 spiro atoms. The van der Waals surface area contributed by atoms with Gasteiger partial charge in [0, 0.05) is 29.3 Å². The number of benzene rings is 1. The van der Waals surface area contributed by atoms with Crippen LogP contribution in [0.15, 0.2) is 30.5 Å². The second kappa shape index (κ2) is 12.7. The Morgan fingerprint density at radius 2 is 1.54 bits per heavy atom. The van der Waals surface area contributed by atoms with E-state index in [-0.39, 0.29) is 12.2 Å². The first-order valence-corrected chi connectivity index (χ1v) is 11.1. The zero-order valence-electron chi connectivity index (χ0n) is 18.4. The maximum atomic E-state index is 12.9. The van der Waals surface area contributed by atoms with E-state index in [4.69, 9.17) is 15.9 Å². The SMILES string of the molecule is NC(CO)C(=O)NC(CC(=O)O)C(=O)NC(Cc1c[nH]c2ccccc12)C(=O)NC(CS)C(=O)O. The Morgan fingerprint density at radius 3 is 2.14 bits per heavy atom. The minimum Gasteiger partial charge on any atom is -0.481 e. The van der Waals surface area contributed by atoms with E-state index in [9.17, 15) is 29.1 Å². The van der Waals surface area contributed by atoms with Gasteiger partial charge in [0.1, 0.15) is 24.2 Å². The van der Waals surface area contributed by atoms with Gasteiger partial charge < -0.3 is 42.0 Å². The van der Waals surface area contributed by atoms with Crippen molar-refractivity contribution in [2.24, 2.45) is 5.73 Å². The Kier molecular flexibility index (Phi) is 10.1. The predicted octanol–water partition coefficient (Wildman–Crippen LogP) is -2.03. The smallest absolute Gasteiger partial charge is 0.327 e. The number of H-pyrrole nitrogens is 1. The lowest BCUT2D eigenvalue weighted by atomic mass is 10.0. The molecule has 0 bridgehead atoms. The van der Waals surface area contributed by atoms with Crippen molar-refractivity contribution in [2.45, 2.75) is 37.0 Å². The molecule has 1 heterocycles. The molecule has 35 heavy (non-hydrogen) atoms. The molecule has 0 fully saturated rings. The third kappa shape index (κ3) is 7.70. The first-order valence-electron chi connectivity index (χ1n) is 10.4. The van der Waals surface area contributed by atoms with Crippen molar-refractivity contribution in [3.8, 4) is 0 Å². The van der Waals surface area contributed by atoms with Crippen molar-refractivity contribution in [1.82, 2.24) is 20.9 Å². The molecule has 1 aromatic heterocycles. The number of aliphatic hydroxyl groups excluding tert-OH is 1. The van der Waals surface area contributed by atoms with Crippen LogP contribution in [0.2, 0.25) is 0 Å². The number of fused-ring (bicyclic) bond motifs is 1. The van der Waals surface area contributed by atoms with Crippen LogP contribution in [0.3, 0.4) is 0 Å². The van der Waals surface area contributed by atoms with Crippen molar-refractivity contribution < 1.29 is 39.3 Å². The first-order chi connectivity index (χ1) is 16.6. The van der Waals surface area contributed by atoms with Crippen LogP contribution in [-0.2, 0) is 30.4 Å². The third-order valence-corrected chi connectivity index (χ3v) is 5.44. The Hall–Kier alpha value is -3.62. The molecule has 0 aliphatic rings. The van der Waals surface area contributed by atoms with E-state index in [2.05, 4.69) is 33.6 Å². The summed E-state index contributed by atoms with van der Waals surface area (Å²) in [6.07, 6.45) is 0.719. The summed E-state index contributed by atoms with van der Waals surface area (Å²) in [5.74, 6) is -5.79. The highest BCUT2D eigenvalue weighted by molar-refractivity contribution is 7.80. The molecule has 4 unspecified atom stereocenters. The molecular formula is C21H27N5O8S. The van der Waals surface area contributed by atoms with Gasteiger partial charge in [-0.3, -0.25) is 19.2 Å². The summed E-state index contributed by atoms with van der Waals surface area (Å²) in [5.41, 5.74) is 6.80. The van der Waals surface area contributed by atoms with Crippen LogP contribution < -0.4 is 21.7 Å². The number of hydrogen-bond donors (Lipinski definition) is 9. The summed E-state index contributed by atoms with van der Waals surface area (Å²) >= 11 is 3.91. The van der Waals surface area contributed by atoms with E-state index in [1.807, 2.05) is 0 Å². The summed E-state index contributed by atoms with van der Waals surface area (Å²) in [6.45, 7) is -0.737. The summed E-state index contributed by atoms with van der Waals surface area (Å²) in [5, 5.41) is 35.0. The molecule has 13 nitrogen and oxygen atoms in total. The fourth-order valence-corrected chi connectivity index (χ4v) is 3.45. The maximum Gasteiger partial charge on any atom is 0.327 e. The number of aromatic amines is 1. The van der Waals surface area contributed by atoms with Gasteiger partial charge >= 0.3 is 11.9 Å². The van der Waals surface area contributed by atoms with Crippen LogP contribution in [0, 0.1) is 0 Å². The summed E-state index contributed by atoms with van der Waals surface area (Å²) in [4.78, 5) is 63.5. The zero-order valence-corrected chi connectivity index (χ0v) is 19.3. The van der Waals surface area contributed by atoms with Crippen LogP contribution in [0.5, 0.6) is 0 Å². The number of rotatable bonds is 13. The van der Waals surface area contributed by atoms with Gasteiger partial charge in [0.25, 0.3) is 0 Å². The van der Waals surface area contributed by atoms with Gasteiger partial charge in [-0.05, 0) is 11.6 Å². The number of aliphatic hydroxyl groups is 1. The number of thiol groups is 1. The molecule has 4 atom stereocenters. The summed E-state index contributed by atoms with van der Waals surface area (Å²) < 4.78 is 0. The van der Waals surface area contributed by atoms with E-state index >= 15 is 0 Å². The van der Waals surface area contributed by atoms with Crippen molar-refractivity contribution in [3.63, 3.8) is 0 Å². The normalized spacial score (nSPS) is 14.4. The molecule has 190 valence electrons. The number of aliphatic carboxylic acids is 2. The number of nitrogens with two attached hydrogens (primary N) is 1. The van der Waals surface area contributed by atoms with Gasteiger partial charge in [0.05, 0.1) is 13.0 Å². The van der Waals surface area contributed by atoms with Gasteiger partial charge in [0.15, 0.2) is 0 Å². The lowest BCUT2D eigenvalue weighted by Gasteiger charge is -2.24. The summed E-state index contributed by atoms with van der Waals surface area (Å²) in [6, 6.07) is 1.49. The molecule has 2 rings (SSSR count). The second-order valence-electron chi connectivity index (χ2n) is 7.65. The van der Waals surface area contributed by atoms with Crippen molar-refractivity contribution in [1.29, 1.82) is 0 Å². The molecule has 1 aromatic carbocycles. The average molecular weight is 510 g/mol. The van der Waals surface area contributed by atoms with Crippen LogP contribution in [0.1, 0.15) is 12.0 Å². The number of para-hydroxylation sites is 1. The molecule has 14 heteroatoms. The number of carbonyl (C=O) groups is 5. The first kappa shape index (κ1) is 27.6. The minimum atomic E-state index is -1.61. The number of carboxylic acid groups (broad SMARTS) is 2. The van der Waals surface area contributed by atoms with Gasteiger partial charge in [-0.2, -0.15) is 12.6 Å². The monoisotopic (exact) mass is 509 g/mol. The highest BCUT2D eigenvalue weighted by Crippen LogP contribution is 2.19. The molecule has 0 saturated heterocycles. The van der Waals surface area contributed by atoms with Crippen LogP contribution in [-0.4, -0.2) is 86.5 Å². The molecule has 2 aromatic rings. The van der Waals surface area contributed by atoms with E-state index < -0.39 is 66.9 Å². The third-order valence-electron chi connectivity index (χ3n) is 5.07. The number of amides is 3. The zero-order chi connectivity index (χ0) is 26.1. The molecule has 9 N–H and O–H groups in total. The number of hydrogen-bond acceptors (Lipinski definition) is 8. The number of aromatic nitrogens is 1. The van der Waals surface area contributed by atoms with Crippen LogP contribution in [0.4, 0.5) is 0 Å². The minimum absolute atomic E-state index is 0.0790. The van der Waals surface area contributed by atoms with Crippen molar-refractivity contribution in [2.75, 3.05) is 12.4 Å². The topological polar surface area (TPSA) is 224 Å². The highest BCUT2D eigenvalue weighted by atomic mass is 32.1. The lowest BCUT2D eigenvalue weighted by Crippen LogP contribution is -2.58. The van der Waals surface area contributed by atoms with Gasteiger partial charge in [-0.25, -0.2) is 4.79 Å². The van der Waals surface area contributed by atoms with Crippen LogP contribution >= 0.6 is 12.6 Å². The highest BCUT2D eigenvalue weighted by Gasteiger charge is 2.31. The van der Waals surface area contributed by atoms with E-state index in [0.29, 0.717) is 5.56 Å². The molecule has 3 amide bonds. The van der Waals surface area contributed by atoms with Crippen LogP contribution in [0.25, 0.3) is 10.9 Å².